The van der Waals surface area contributed by atoms with Crippen molar-refractivity contribution >= 4 is 17.3 Å². The number of aliphatic hydroxyl groups excluding tert-OH is 1. The summed E-state index contributed by atoms with van der Waals surface area (Å²) in [6.45, 7) is 1.49. The zero-order valence-corrected chi connectivity index (χ0v) is 11.9. The molecule has 0 saturated carbocycles. The maximum absolute atomic E-state index is 13.5. The number of rotatable bonds is 5. The van der Waals surface area contributed by atoms with Crippen molar-refractivity contribution in [2.24, 2.45) is 0 Å². The Balaban J connectivity index is 2.04. The van der Waals surface area contributed by atoms with Crippen molar-refractivity contribution in [3.8, 4) is 0 Å². The lowest BCUT2D eigenvalue weighted by Gasteiger charge is -2.16. The number of anilines is 2. The summed E-state index contributed by atoms with van der Waals surface area (Å²) in [5.74, 6) is -1.84. The third-order valence-electron chi connectivity index (χ3n) is 3.07. The molecule has 0 radical (unpaired) electrons. The molecule has 1 amide bonds. The molecule has 0 heterocycles. The van der Waals surface area contributed by atoms with Crippen LogP contribution in [0.3, 0.4) is 0 Å². The Labute approximate surface area is 126 Å². The normalized spacial score (nSPS) is 11.8. The van der Waals surface area contributed by atoms with E-state index in [9.17, 15) is 13.6 Å². The fraction of sp³-hybridized carbons (Fsp3) is 0.188. The molecule has 0 aliphatic rings. The van der Waals surface area contributed by atoms with Gasteiger partial charge in [-0.15, -0.1) is 0 Å². The Kier molecular flexibility index (Phi) is 5.06. The fourth-order valence-electron chi connectivity index (χ4n) is 1.91. The molecule has 2 aromatic rings. The number of amides is 1. The van der Waals surface area contributed by atoms with Gasteiger partial charge < -0.3 is 15.7 Å². The zero-order chi connectivity index (χ0) is 16.1. The second kappa shape index (κ2) is 7.00. The van der Waals surface area contributed by atoms with E-state index in [-0.39, 0.29) is 12.3 Å². The van der Waals surface area contributed by atoms with Crippen molar-refractivity contribution in [1.82, 2.24) is 0 Å². The molecule has 0 fully saturated rings. The molecule has 1 atom stereocenters. The molecule has 22 heavy (non-hydrogen) atoms. The van der Waals surface area contributed by atoms with Gasteiger partial charge in [0.1, 0.15) is 17.7 Å². The van der Waals surface area contributed by atoms with Crippen LogP contribution in [0, 0.1) is 11.6 Å². The van der Waals surface area contributed by atoms with Gasteiger partial charge in [-0.3, -0.25) is 4.79 Å². The zero-order valence-electron chi connectivity index (χ0n) is 11.9. The highest BCUT2D eigenvalue weighted by atomic mass is 19.1. The maximum Gasteiger partial charge on any atom is 0.246 e. The quantitative estimate of drug-likeness (QED) is 0.796. The molecule has 0 aliphatic heterocycles. The smallest absolute Gasteiger partial charge is 0.246 e. The first kappa shape index (κ1) is 15.9. The van der Waals surface area contributed by atoms with Crippen LogP contribution >= 0.6 is 0 Å². The molecule has 2 rings (SSSR count). The van der Waals surface area contributed by atoms with Crippen LogP contribution in [-0.2, 0) is 11.4 Å². The first-order valence-corrected chi connectivity index (χ1v) is 6.72. The van der Waals surface area contributed by atoms with Gasteiger partial charge in [-0.25, -0.2) is 8.78 Å². The summed E-state index contributed by atoms with van der Waals surface area (Å²) >= 11 is 0. The first-order chi connectivity index (χ1) is 10.5. The van der Waals surface area contributed by atoms with Crippen molar-refractivity contribution in [1.29, 1.82) is 0 Å². The minimum absolute atomic E-state index is 0.107. The van der Waals surface area contributed by atoms with Gasteiger partial charge in [-0.2, -0.15) is 0 Å². The minimum atomic E-state index is -0.704. The number of hydrogen-bond donors (Lipinski definition) is 3. The highest BCUT2D eigenvalue weighted by molar-refractivity contribution is 5.96. The van der Waals surface area contributed by atoms with Crippen molar-refractivity contribution in [3.05, 3.63) is 59.7 Å². The van der Waals surface area contributed by atoms with Crippen LogP contribution in [-0.4, -0.2) is 17.1 Å². The minimum Gasteiger partial charge on any atom is -0.392 e. The van der Waals surface area contributed by atoms with Crippen LogP contribution in [0.2, 0.25) is 0 Å². The summed E-state index contributed by atoms with van der Waals surface area (Å²) in [7, 11) is 0. The van der Waals surface area contributed by atoms with Crippen LogP contribution in [0.25, 0.3) is 0 Å². The standard InChI is InChI=1S/C16H16F2N2O2/c1-10(19-13-4-2-3-11(7-13)9-21)16(22)20-15-8-12(17)5-6-14(15)18/h2-8,10,19,21H,9H2,1H3,(H,20,22). The number of halogens is 2. The van der Waals surface area contributed by atoms with Crippen LogP contribution in [0.4, 0.5) is 20.2 Å². The highest BCUT2D eigenvalue weighted by Gasteiger charge is 2.15. The molecule has 0 aromatic heterocycles. The van der Waals surface area contributed by atoms with E-state index in [1.165, 1.54) is 0 Å². The van der Waals surface area contributed by atoms with Gasteiger partial charge in [0.2, 0.25) is 5.91 Å². The Morgan fingerprint density at radius 1 is 1.23 bits per heavy atom. The summed E-state index contributed by atoms with van der Waals surface area (Å²) < 4.78 is 26.6. The van der Waals surface area contributed by atoms with Gasteiger partial charge in [-0.05, 0) is 36.8 Å². The lowest BCUT2D eigenvalue weighted by Crippen LogP contribution is -2.32. The lowest BCUT2D eigenvalue weighted by atomic mass is 10.2. The molecule has 4 nitrogen and oxygen atoms in total. The average molecular weight is 306 g/mol. The fourth-order valence-corrected chi connectivity index (χ4v) is 1.91. The highest BCUT2D eigenvalue weighted by Crippen LogP contribution is 2.17. The van der Waals surface area contributed by atoms with Gasteiger partial charge >= 0.3 is 0 Å². The Morgan fingerprint density at radius 2 is 2.00 bits per heavy atom. The van der Waals surface area contributed by atoms with Gasteiger partial charge in [-0.1, -0.05) is 12.1 Å². The van der Waals surface area contributed by atoms with E-state index in [0.717, 1.165) is 18.2 Å². The molecule has 2 aromatic carbocycles. The SMILES string of the molecule is CC(Nc1cccc(CO)c1)C(=O)Nc1cc(F)ccc1F. The molecular formula is C16H16F2N2O2. The second-order valence-corrected chi connectivity index (χ2v) is 4.84. The number of nitrogens with one attached hydrogen (secondary N) is 2. The van der Waals surface area contributed by atoms with E-state index in [1.54, 1.807) is 31.2 Å². The maximum atomic E-state index is 13.5. The Hall–Kier alpha value is -2.47. The van der Waals surface area contributed by atoms with E-state index in [4.69, 9.17) is 5.11 Å². The van der Waals surface area contributed by atoms with E-state index in [0.29, 0.717) is 11.3 Å². The third-order valence-corrected chi connectivity index (χ3v) is 3.07. The topological polar surface area (TPSA) is 61.4 Å². The number of carbonyl (C=O) groups excluding carboxylic acids is 1. The Bertz CT molecular complexity index is 677. The number of hydrogen-bond acceptors (Lipinski definition) is 3. The molecular weight excluding hydrogens is 290 g/mol. The Morgan fingerprint density at radius 3 is 2.73 bits per heavy atom. The van der Waals surface area contributed by atoms with E-state index in [2.05, 4.69) is 10.6 Å². The summed E-state index contributed by atoms with van der Waals surface area (Å²) in [4.78, 5) is 12.0. The predicted molar refractivity (Wildman–Crippen MR) is 80.4 cm³/mol. The molecule has 3 N–H and O–H groups in total. The van der Waals surface area contributed by atoms with Crippen LogP contribution < -0.4 is 10.6 Å². The number of carbonyl (C=O) groups is 1. The summed E-state index contributed by atoms with van der Waals surface area (Å²) in [5, 5.41) is 14.3. The number of aliphatic hydroxyl groups is 1. The average Bonchev–Trinajstić information content (AvgIpc) is 2.51. The third kappa shape index (κ3) is 4.02. The summed E-state index contributed by atoms with van der Waals surface area (Å²) in [6.07, 6.45) is 0. The molecule has 0 saturated heterocycles. The van der Waals surface area contributed by atoms with Gasteiger partial charge in [0.15, 0.2) is 0 Å². The first-order valence-electron chi connectivity index (χ1n) is 6.72. The predicted octanol–water partition coefficient (Wildman–Crippen LogP) is 2.90. The summed E-state index contributed by atoms with van der Waals surface area (Å²) in [5.41, 5.74) is 1.14. The van der Waals surface area contributed by atoms with Crippen molar-refractivity contribution in [2.45, 2.75) is 19.6 Å². The van der Waals surface area contributed by atoms with Gasteiger partial charge in [0, 0.05) is 11.8 Å². The molecule has 6 heteroatoms. The van der Waals surface area contributed by atoms with Crippen LogP contribution in [0.1, 0.15) is 12.5 Å². The lowest BCUT2D eigenvalue weighted by molar-refractivity contribution is -0.116. The van der Waals surface area contributed by atoms with Crippen molar-refractivity contribution < 1.29 is 18.7 Å². The molecule has 0 spiro atoms. The number of benzene rings is 2. The van der Waals surface area contributed by atoms with Gasteiger partial charge in [0.05, 0.1) is 12.3 Å². The van der Waals surface area contributed by atoms with E-state index < -0.39 is 23.6 Å². The van der Waals surface area contributed by atoms with Crippen molar-refractivity contribution in [2.75, 3.05) is 10.6 Å². The van der Waals surface area contributed by atoms with Crippen LogP contribution in [0.15, 0.2) is 42.5 Å². The van der Waals surface area contributed by atoms with E-state index in [1.807, 2.05) is 0 Å². The monoisotopic (exact) mass is 306 g/mol. The van der Waals surface area contributed by atoms with Gasteiger partial charge in [0.25, 0.3) is 0 Å². The molecule has 0 aliphatic carbocycles. The summed E-state index contributed by atoms with van der Waals surface area (Å²) in [6, 6.07) is 9.12. The van der Waals surface area contributed by atoms with Crippen LogP contribution in [0.5, 0.6) is 0 Å². The van der Waals surface area contributed by atoms with Crippen molar-refractivity contribution in [3.63, 3.8) is 0 Å². The molecule has 1 unspecified atom stereocenters. The van der Waals surface area contributed by atoms with E-state index >= 15 is 0 Å². The second-order valence-electron chi connectivity index (χ2n) is 4.84. The molecule has 116 valence electrons. The molecule has 0 bridgehead atoms. The largest absolute Gasteiger partial charge is 0.392 e.